The van der Waals surface area contributed by atoms with E-state index in [-0.39, 0.29) is 5.38 Å². The summed E-state index contributed by atoms with van der Waals surface area (Å²) >= 11 is 10.1. The summed E-state index contributed by atoms with van der Waals surface area (Å²) in [5, 5.41) is -0.215. The maximum atomic E-state index is 6.64. The van der Waals surface area contributed by atoms with Gasteiger partial charge in [-0.1, -0.05) is 39.7 Å². The van der Waals surface area contributed by atoms with Crippen molar-refractivity contribution in [3.05, 3.63) is 63.1 Å². The summed E-state index contributed by atoms with van der Waals surface area (Å²) in [6, 6.07) is 12.2. The number of halogens is 2. The third kappa shape index (κ3) is 3.13. The summed E-state index contributed by atoms with van der Waals surface area (Å²) < 4.78 is 6.40. The molecule has 2 rings (SSSR count). The van der Waals surface area contributed by atoms with E-state index >= 15 is 0 Å². The third-order valence-corrected chi connectivity index (χ3v) is 4.13. The molecule has 0 saturated heterocycles. The Hall–Kier alpha value is -0.990. The van der Waals surface area contributed by atoms with Gasteiger partial charge in [-0.2, -0.15) is 0 Å². The van der Waals surface area contributed by atoms with Crippen LogP contribution in [0.15, 0.2) is 40.9 Å². The van der Waals surface area contributed by atoms with Crippen LogP contribution in [-0.2, 0) is 0 Å². The van der Waals surface area contributed by atoms with Crippen LogP contribution in [0.25, 0.3) is 0 Å². The van der Waals surface area contributed by atoms with Crippen molar-refractivity contribution in [3.8, 4) is 5.75 Å². The Labute approximate surface area is 127 Å². The zero-order valence-corrected chi connectivity index (χ0v) is 13.5. The van der Waals surface area contributed by atoms with Gasteiger partial charge >= 0.3 is 0 Å². The van der Waals surface area contributed by atoms with Gasteiger partial charge in [0, 0.05) is 10.0 Å². The molecule has 0 spiro atoms. The summed E-state index contributed by atoms with van der Waals surface area (Å²) in [4.78, 5) is 0. The van der Waals surface area contributed by atoms with Crippen molar-refractivity contribution < 1.29 is 4.74 Å². The van der Waals surface area contributed by atoms with Crippen molar-refractivity contribution >= 4 is 27.5 Å². The summed E-state index contributed by atoms with van der Waals surface area (Å²) in [6.07, 6.45) is 0. The fraction of sp³-hybridized carbons (Fsp3) is 0.250. The van der Waals surface area contributed by atoms with Gasteiger partial charge in [0.25, 0.3) is 0 Å². The second-order valence-corrected chi connectivity index (χ2v) is 5.96. The molecule has 2 aromatic carbocycles. The Morgan fingerprint density at radius 3 is 2.42 bits per heavy atom. The van der Waals surface area contributed by atoms with Crippen LogP contribution in [-0.4, -0.2) is 7.11 Å². The molecular formula is C16H16BrClO. The highest BCUT2D eigenvalue weighted by Crippen LogP contribution is 2.38. The lowest BCUT2D eigenvalue weighted by atomic mass is 9.98. The van der Waals surface area contributed by atoms with Gasteiger partial charge in [-0.25, -0.2) is 0 Å². The molecule has 19 heavy (non-hydrogen) atoms. The molecule has 0 bridgehead atoms. The lowest BCUT2D eigenvalue weighted by Gasteiger charge is -2.17. The number of hydrogen-bond acceptors (Lipinski definition) is 1. The van der Waals surface area contributed by atoms with Crippen molar-refractivity contribution in [1.29, 1.82) is 0 Å². The molecule has 3 heteroatoms. The predicted octanol–water partition coefficient (Wildman–Crippen LogP) is 5.40. The molecule has 0 aliphatic heterocycles. The minimum absolute atomic E-state index is 0.215. The standard InChI is InChI=1S/C16H16BrClO/c1-10-4-6-13(11(2)8-10)16(18)14-9-12(17)5-7-15(14)19-3/h4-9,16H,1-3H3. The van der Waals surface area contributed by atoms with Gasteiger partial charge in [0.2, 0.25) is 0 Å². The lowest BCUT2D eigenvalue weighted by molar-refractivity contribution is 0.410. The fourth-order valence-electron chi connectivity index (χ4n) is 2.18. The van der Waals surface area contributed by atoms with Crippen LogP contribution in [0.1, 0.15) is 27.6 Å². The molecule has 0 fully saturated rings. The molecule has 0 aliphatic rings. The van der Waals surface area contributed by atoms with Gasteiger partial charge in [0.1, 0.15) is 5.75 Å². The van der Waals surface area contributed by atoms with Gasteiger partial charge in [-0.15, -0.1) is 11.6 Å². The lowest BCUT2D eigenvalue weighted by Crippen LogP contribution is -2.00. The maximum absolute atomic E-state index is 6.64. The minimum atomic E-state index is -0.215. The van der Waals surface area contributed by atoms with E-state index < -0.39 is 0 Å². The van der Waals surface area contributed by atoms with Crippen molar-refractivity contribution in [2.24, 2.45) is 0 Å². The van der Waals surface area contributed by atoms with Crippen LogP contribution in [0.5, 0.6) is 5.75 Å². The van der Waals surface area contributed by atoms with Crippen LogP contribution >= 0.6 is 27.5 Å². The van der Waals surface area contributed by atoms with Gasteiger partial charge in [-0.05, 0) is 43.2 Å². The number of hydrogen-bond donors (Lipinski definition) is 0. The minimum Gasteiger partial charge on any atom is -0.496 e. The monoisotopic (exact) mass is 338 g/mol. The zero-order chi connectivity index (χ0) is 14.0. The Morgan fingerprint density at radius 1 is 1.05 bits per heavy atom. The van der Waals surface area contributed by atoms with Gasteiger partial charge < -0.3 is 4.74 Å². The van der Waals surface area contributed by atoms with E-state index in [4.69, 9.17) is 16.3 Å². The molecule has 0 radical (unpaired) electrons. The fourth-order valence-corrected chi connectivity index (χ4v) is 2.97. The van der Waals surface area contributed by atoms with E-state index in [0.29, 0.717) is 0 Å². The molecule has 1 atom stereocenters. The second-order valence-electron chi connectivity index (χ2n) is 4.61. The molecule has 100 valence electrons. The Bertz CT molecular complexity index is 595. The second kappa shape index (κ2) is 5.98. The number of alkyl halides is 1. The average molecular weight is 340 g/mol. The van der Waals surface area contributed by atoms with E-state index in [2.05, 4.69) is 48.0 Å². The van der Waals surface area contributed by atoms with Crippen LogP contribution in [0.3, 0.4) is 0 Å². The van der Waals surface area contributed by atoms with Gasteiger partial charge in [-0.3, -0.25) is 0 Å². The van der Waals surface area contributed by atoms with E-state index in [0.717, 1.165) is 21.3 Å². The maximum Gasteiger partial charge on any atom is 0.123 e. The number of ether oxygens (including phenoxy) is 1. The predicted molar refractivity (Wildman–Crippen MR) is 84.3 cm³/mol. The van der Waals surface area contributed by atoms with Crippen LogP contribution in [0, 0.1) is 13.8 Å². The van der Waals surface area contributed by atoms with Crippen molar-refractivity contribution in [1.82, 2.24) is 0 Å². The molecule has 1 unspecified atom stereocenters. The highest BCUT2D eigenvalue weighted by Gasteiger charge is 2.17. The SMILES string of the molecule is COc1ccc(Br)cc1C(Cl)c1ccc(C)cc1C. The molecule has 0 aromatic heterocycles. The normalized spacial score (nSPS) is 12.3. The van der Waals surface area contributed by atoms with Crippen molar-refractivity contribution in [2.75, 3.05) is 7.11 Å². The van der Waals surface area contributed by atoms with Crippen LogP contribution < -0.4 is 4.74 Å². The van der Waals surface area contributed by atoms with E-state index in [1.165, 1.54) is 11.1 Å². The first kappa shape index (κ1) is 14.4. The molecule has 2 aromatic rings. The number of methoxy groups -OCH3 is 1. The molecule has 0 saturated carbocycles. The largest absolute Gasteiger partial charge is 0.496 e. The summed E-state index contributed by atoms with van der Waals surface area (Å²) in [7, 11) is 1.67. The first-order valence-electron chi connectivity index (χ1n) is 6.07. The Kier molecular flexibility index (Phi) is 4.54. The van der Waals surface area contributed by atoms with Gasteiger partial charge in [0.05, 0.1) is 12.5 Å². The summed E-state index contributed by atoms with van der Waals surface area (Å²) in [5.74, 6) is 0.808. The number of benzene rings is 2. The first-order chi connectivity index (χ1) is 9.02. The van der Waals surface area contributed by atoms with Crippen LogP contribution in [0.4, 0.5) is 0 Å². The highest BCUT2D eigenvalue weighted by atomic mass is 79.9. The van der Waals surface area contributed by atoms with E-state index in [1.807, 2.05) is 18.2 Å². The van der Waals surface area contributed by atoms with E-state index in [1.54, 1.807) is 7.11 Å². The Balaban J connectivity index is 2.49. The van der Waals surface area contributed by atoms with Crippen LogP contribution in [0.2, 0.25) is 0 Å². The summed E-state index contributed by atoms with van der Waals surface area (Å²) in [6.45, 7) is 4.17. The molecule has 0 aliphatic carbocycles. The molecular weight excluding hydrogens is 324 g/mol. The first-order valence-corrected chi connectivity index (χ1v) is 7.30. The zero-order valence-electron chi connectivity index (χ0n) is 11.2. The van der Waals surface area contributed by atoms with Gasteiger partial charge in [0.15, 0.2) is 0 Å². The quantitative estimate of drug-likeness (QED) is 0.680. The summed E-state index contributed by atoms with van der Waals surface area (Å²) in [5.41, 5.74) is 4.53. The number of rotatable bonds is 3. The molecule has 0 N–H and O–H groups in total. The van der Waals surface area contributed by atoms with Crippen molar-refractivity contribution in [2.45, 2.75) is 19.2 Å². The van der Waals surface area contributed by atoms with E-state index in [9.17, 15) is 0 Å². The van der Waals surface area contributed by atoms with Crippen molar-refractivity contribution in [3.63, 3.8) is 0 Å². The number of aryl methyl sites for hydroxylation is 2. The molecule has 1 nitrogen and oxygen atoms in total. The third-order valence-electron chi connectivity index (χ3n) is 3.16. The topological polar surface area (TPSA) is 9.23 Å². The highest BCUT2D eigenvalue weighted by molar-refractivity contribution is 9.10. The smallest absolute Gasteiger partial charge is 0.123 e. The average Bonchev–Trinajstić information content (AvgIpc) is 2.38. The molecule has 0 heterocycles. The Morgan fingerprint density at radius 2 is 1.79 bits per heavy atom. The molecule has 0 amide bonds.